The van der Waals surface area contributed by atoms with Gasteiger partial charge in [-0.2, -0.15) is 0 Å². The molecule has 1 unspecified atom stereocenters. The van der Waals surface area contributed by atoms with E-state index in [1.807, 2.05) is 11.8 Å². The summed E-state index contributed by atoms with van der Waals surface area (Å²) < 4.78 is 27.2. The number of pyridine rings is 1. The van der Waals surface area contributed by atoms with E-state index in [0.717, 1.165) is 18.5 Å². The van der Waals surface area contributed by atoms with E-state index in [9.17, 15) is 8.78 Å². The summed E-state index contributed by atoms with van der Waals surface area (Å²) >= 11 is 5.82. The van der Waals surface area contributed by atoms with Crippen molar-refractivity contribution >= 4 is 47.4 Å². The van der Waals surface area contributed by atoms with Crippen molar-refractivity contribution in [1.82, 2.24) is 15.6 Å². The SMILES string of the molecule is CCNC(=NCc1ccc(F)c(Cl)c1)NC1CCN(c2ncccc2F)C1.I. The van der Waals surface area contributed by atoms with Gasteiger partial charge in [0.1, 0.15) is 5.82 Å². The van der Waals surface area contributed by atoms with Gasteiger partial charge in [0, 0.05) is 31.9 Å². The molecule has 28 heavy (non-hydrogen) atoms. The van der Waals surface area contributed by atoms with E-state index < -0.39 is 5.82 Å². The fourth-order valence-corrected chi connectivity index (χ4v) is 3.21. The molecule has 2 aromatic rings. The highest BCUT2D eigenvalue weighted by molar-refractivity contribution is 14.0. The van der Waals surface area contributed by atoms with Gasteiger partial charge >= 0.3 is 0 Å². The molecule has 3 rings (SSSR count). The first-order valence-corrected chi connectivity index (χ1v) is 9.29. The van der Waals surface area contributed by atoms with Crippen molar-refractivity contribution < 1.29 is 8.78 Å². The number of anilines is 1. The van der Waals surface area contributed by atoms with Gasteiger partial charge in [0.05, 0.1) is 11.6 Å². The number of guanidine groups is 1. The number of aliphatic imine (C=N–C) groups is 1. The Bertz CT molecular complexity index is 821. The quantitative estimate of drug-likeness (QED) is 0.355. The van der Waals surface area contributed by atoms with Gasteiger partial charge in [0.15, 0.2) is 17.6 Å². The van der Waals surface area contributed by atoms with Crippen LogP contribution in [0.3, 0.4) is 0 Å². The minimum absolute atomic E-state index is 0. The zero-order valence-corrected chi connectivity index (χ0v) is 18.5. The fraction of sp³-hybridized carbons (Fsp3) is 0.368. The van der Waals surface area contributed by atoms with E-state index in [4.69, 9.17) is 11.6 Å². The van der Waals surface area contributed by atoms with Crippen molar-refractivity contribution in [2.75, 3.05) is 24.5 Å². The second-order valence-electron chi connectivity index (χ2n) is 6.33. The van der Waals surface area contributed by atoms with Crippen LogP contribution in [-0.4, -0.2) is 36.6 Å². The molecule has 0 saturated carbocycles. The monoisotopic (exact) mass is 521 g/mol. The molecule has 0 spiro atoms. The van der Waals surface area contributed by atoms with Gasteiger partial charge in [-0.3, -0.25) is 0 Å². The summed E-state index contributed by atoms with van der Waals surface area (Å²) in [4.78, 5) is 10.6. The number of benzene rings is 1. The normalized spacial score (nSPS) is 16.6. The Kier molecular flexibility index (Phi) is 8.68. The molecule has 1 saturated heterocycles. The zero-order chi connectivity index (χ0) is 19.2. The van der Waals surface area contributed by atoms with Crippen LogP contribution in [0.15, 0.2) is 41.5 Å². The van der Waals surface area contributed by atoms with Crippen LogP contribution in [0.2, 0.25) is 5.02 Å². The molecule has 0 amide bonds. The van der Waals surface area contributed by atoms with Gasteiger partial charge in [-0.25, -0.2) is 18.8 Å². The lowest BCUT2D eigenvalue weighted by Crippen LogP contribution is -2.44. The molecule has 0 aliphatic carbocycles. The maximum absolute atomic E-state index is 13.9. The fourth-order valence-electron chi connectivity index (χ4n) is 3.00. The number of nitrogens with one attached hydrogen (secondary N) is 2. The van der Waals surface area contributed by atoms with Crippen molar-refractivity contribution in [1.29, 1.82) is 0 Å². The van der Waals surface area contributed by atoms with E-state index in [1.54, 1.807) is 24.4 Å². The summed E-state index contributed by atoms with van der Waals surface area (Å²) in [6.45, 7) is 4.43. The first-order valence-electron chi connectivity index (χ1n) is 8.91. The van der Waals surface area contributed by atoms with Crippen LogP contribution in [0.5, 0.6) is 0 Å². The van der Waals surface area contributed by atoms with Crippen molar-refractivity contribution in [2.45, 2.75) is 25.9 Å². The van der Waals surface area contributed by atoms with Crippen LogP contribution >= 0.6 is 35.6 Å². The largest absolute Gasteiger partial charge is 0.357 e. The molecular formula is C19H23ClF2IN5. The van der Waals surface area contributed by atoms with Crippen LogP contribution in [0.4, 0.5) is 14.6 Å². The third kappa shape index (κ3) is 5.91. The lowest BCUT2D eigenvalue weighted by atomic mass is 10.2. The number of hydrogen-bond donors (Lipinski definition) is 2. The standard InChI is InChI=1S/C19H22ClF2N5.HI/c1-2-23-19(25-11-13-5-6-16(21)15(20)10-13)26-14-7-9-27(12-14)18-17(22)4-3-8-24-18;/h3-6,8,10,14H,2,7,9,11-12H2,1H3,(H2,23,25,26);1H. The van der Waals surface area contributed by atoms with Gasteiger partial charge in [-0.15, -0.1) is 24.0 Å². The highest BCUT2D eigenvalue weighted by Crippen LogP contribution is 2.21. The van der Waals surface area contributed by atoms with Crippen LogP contribution in [0.1, 0.15) is 18.9 Å². The molecule has 0 radical (unpaired) electrons. The van der Waals surface area contributed by atoms with Gasteiger partial charge in [0.2, 0.25) is 0 Å². The van der Waals surface area contributed by atoms with E-state index in [0.29, 0.717) is 31.4 Å². The summed E-state index contributed by atoms with van der Waals surface area (Å²) in [5.74, 6) is 0.283. The van der Waals surface area contributed by atoms with Crippen molar-refractivity contribution in [3.63, 3.8) is 0 Å². The number of nitrogens with zero attached hydrogens (tertiary/aromatic N) is 3. The molecule has 0 bridgehead atoms. The van der Waals surface area contributed by atoms with Gasteiger partial charge in [-0.05, 0) is 43.2 Å². The summed E-state index contributed by atoms with van der Waals surface area (Å²) in [5, 5.41) is 6.66. The lowest BCUT2D eigenvalue weighted by molar-refractivity contribution is 0.612. The predicted octanol–water partition coefficient (Wildman–Crippen LogP) is 3.97. The molecule has 9 heteroatoms. The number of halogens is 4. The van der Waals surface area contributed by atoms with Crippen molar-refractivity contribution in [2.24, 2.45) is 4.99 Å². The molecule has 1 atom stereocenters. The van der Waals surface area contributed by atoms with E-state index in [-0.39, 0.29) is 40.9 Å². The Hall–Kier alpha value is -1.68. The third-order valence-corrected chi connectivity index (χ3v) is 4.61. The smallest absolute Gasteiger partial charge is 0.191 e. The highest BCUT2D eigenvalue weighted by atomic mass is 127. The Labute approximate surface area is 185 Å². The van der Waals surface area contributed by atoms with Crippen molar-refractivity contribution in [3.8, 4) is 0 Å². The highest BCUT2D eigenvalue weighted by Gasteiger charge is 2.25. The third-order valence-electron chi connectivity index (χ3n) is 4.32. The molecule has 1 aromatic carbocycles. The molecule has 2 N–H and O–H groups in total. The second kappa shape index (κ2) is 10.8. The van der Waals surface area contributed by atoms with E-state index >= 15 is 0 Å². The summed E-state index contributed by atoms with van der Waals surface area (Å²) in [5.41, 5.74) is 0.821. The minimum atomic E-state index is -0.442. The average molecular weight is 522 g/mol. The topological polar surface area (TPSA) is 52.6 Å². The first-order chi connectivity index (χ1) is 13.1. The first kappa shape index (κ1) is 22.6. The number of aromatic nitrogens is 1. The zero-order valence-electron chi connectivity index (χ0n) is 15.5. The molecule has 152 valence electrons. The molecular weight excluding hydrogens is 499 g/mol. The lowest BCUT2D eigenvalue weighted by Gasteiger charge is -2.20. The van der Waals surface area contributed by atoms with Crippen molar-refractivity contribution in [3.05, 3.63) is 58.7 Å². The molecule has 1 aliphatic rings. The van der Waals surface area contributed by atoms with Crippen LogP contribution in [0, 0.1) is 11.6 Å². The van der Waals surface area contributed by atoms with Crippen LogP contribution in [-0.2, 0) is 6.54 Å². The Morgan fingerprint density at radius 1 is 1.32 bits per heavy atom. The predicted molar refractivity (Wildman–Crippen MR) is 120 cm³/mol. The number of rotatable bonds is 5. The van der Waals surface area contributed by atoms with Crippen LogP contribution in [0.25, 0.3) is 0 Å². The average Bonchev–Trinajstić information content (AvgIpc) is 3.11. The Morgan fingerprint density at radius 3 is 2.86 bits per heavy atom. The van der Waals surface area contributed by atoms with Gasteiger partial charge in [0.25, 0.3) is 0 Å². The second-order valence-corrected chi connectivity index (χ2v) is 6.74. The maximum Gasteiger partial charge on any atom is 0.191 e. The number of hydrogen-bond acceptors (Lipinski definition) is 3. The maximum atomic E-state index is 13.9. The molecule has 1 aliphatic heterocycles. The van der Waals surface area contributed by atoms with E-state index in [2.05, 4.69) is 20.6 Å². The summed E-state index contributed by atoms with van der Waals surface area (Å²) in [7, 11) is 0. The van der Waals surface area contributed by atoms with Crippen LogP contribution < -0.4 is 15.5 Å². The molecule has 1 aromatic heterocycles. The molecule has 1 fully saturated rings. The Morgan fingerprint density at radius 2 is 2.14 bits per heavy atom. The molecule has 2 heterocycles. The Balaban J connectivity index is 0.00000280. The minimum Gasteiger partial charge on any atom is -0.357 e. The van der Waals surface area contributed by atoms with E-state index in [1.165, 1.54) is 12.1 Å². The summed E-state index contributed by atoms with van der Waals surface area (Å²) in [6.07, 6.45) is 2.45. The molecule has 5 nitrogen and oxygen atoms in total. The van der Waals surface area contributed by atoms with Gasteiger partial charge in [-0.1, -0.05) is 17.7 Å². The van der Waals surface area contributed by atoms with Gasteiger partial charge < -0.3 is 15.5 Å². The summed E-state index contributed by atoms with van der Waals surface area (Å²) in [6, 6.07) is 7.70.